The van der Waals surface area contributed by atoms with Gasteiger partial charge < -0.3 is 60.7 Å². The van der Waals surface area contributed by atoms with E-state index in [2.05, 4.69) is 34.4 Å². The molecule has 0 aromatic carbocycles. The third-order valence-electron chi connectivity index (χ3n) is 15.9. The lowest BCUT2D eigenvalue weighted by Gasteiger charge is -2.41. The van der Waals surface area contributed by atoms with E-state index in [1.165, 1.54) is 94.6 Å². The van der Waals surface area contributed by atoms with Crippen molar-refractivity contribution in [2.24, 2.45) is 35.5 Å². The van der Waals surface area contributed by atoms with Gasteiger partial charge in [-0.3, -0.25) is 52.7 Å². The monoisotopic (exact) mass is 1210 g/mol. The first-order chi connectivity index (χ1) is 39.7. The second kappa shape index (κ2) is 35.2. The van der Waals surface area contributed by atoms with Gasteiger partial charge in [0.15, 0.2) is 0 Å². The van der Waals surface area contributed by atoms with E-state index < -0.39 is 150 Å². The predicted molar refractivity (Wildman–Crippen MR) is 333 cm³/mol. The zero-order chi connectivity index (χ0) is 66.7. The van der Waals surface area contributed by atoms with Gasteiger partial charge in [0.2, 0.25) is 65.0 Å². The Balaban J connectivity index is 4.34. The summed E-state index contributed by atoms with van der Waals surface area (Å²) in [5, 5.41) is 23.0. The van der Waals surface area contributed by atoms with E-state index in [4.69, 9.17) is 0 Å². The Kier molecular flexibility index (Phi) is 31.7. The van der Waals surface area contributed by atoms with Crippen molar-refractivity contribution in [1.82, 2.24) is 55.6 Å². The van der Waals surface area contributed by atoms with Gasteiger partial charge in [0.1, 0.15) is 60.4 Å². The van der Waals surface area contributed by atoms with Gasteiger partial charge in [0, 0.05) is 49.3 Å². The molecule has 23 nitrogen and oxygen atoms in total. The molecule has 1 aliphatic heterocycles. The lowest BCUT2D eigenvalue weighted by atomic mass is 9.91. The Bertz CT molecular complexity index is 2430. The zero-order valence-electron chi connectivity index (χ0n) is 56.0. The van der Waals surface area contributed by atoms with E-state index in [1.807, 2.05) is 55.4 Å². The quantitative estimate of drug-likeness (QED) is 0.110. The summed E-state index contributed by atoms with van der Waals surface area (Å²) >= 11 is 0. The van der Waals surface area contributed by atoms with Crippen LogP contribution in [0.3, 0.4) is 0 Å². The molecule has 0 aromatic rings. The standard InChI is InChI=1S/C63H109N11O12/c1-25-27-28-29-41(15)53(76)52-57(80)66-44(26-2)59(82)68(18)34-49(75)69(19)45(30-35(3)4)56(79)67-50(39(11)12)62(85)70(20)46(31-36(5)6)55(78)64-42(16)54(77)65-43(17)58(81)71(21)47(32-37(7)8)60(83)72(22)48(33-38(9)10)61(84)73(23)51(40(13)14)63(86)74(52)24/h25,27-28,35-38,40-48,50-53,76H,1,11,26,29-34H2,2-10,12-24H3,(H,64,78)(H,65,77)(H,66,80)(H,67,79)/b28-27+/t41-,42+,43-,44+,45+,46+,47+,48+,50+,51+,52+,53-/m1/s1. The number of carbonyl (C=O) groups is 11. The first-order valence-electron chi connectivity index (χ1n) is 30.4. The van der Waals surface area contributed by atoms with Crippen LogP contribution in [0.25, 0.3) is 0 Å². The number of nitrogens with one attached hydrogen (secondary N) is 4. The van der Waals surface area contributed by atoms with Crippen LogP contribution in [0.2, 0.25) is 0 Å². The SMILES string of the molecule is C=C/C=C/C[C@@H](C)[C@@H](O)[C@H]1C(=O)N[C@@H](CC)C(=O)N(C)CC(=O)N(C)[C@@H](CC(C)C)C(=O)N[C@@H](C(=C)C)C(=O)N(C)[C@@H](CC(C)C)C(=O)N[C@@H](C)C(=O)N[C@H](C)C(=O)N(C)[C@@H](CC(C)C)C(=O)N(C)[C@@H](CC(C)C)C(=O)N(C)[C@@H](C(C)C)C(=O)N1C. The van der Waals surface area contributed by atoms with E-state index in [0.717, 1.165) is 9.80 Å². The fourth-order valence-corrected chi connectivity index (χ4v) is 10.6. The van der Waals surface area contributed by atoms with Crippen LogP contribution in [0.5, 0.6) is 0 Å². The summed E-state index contributed by atoms with van der Waals surface area (Å²) in [5.74, 6) is -9.67. The Hall–Kier alpha value is -6.65. The van der Waals surface area contributed by atoms with Crippen molar-refractivity contribution in [2.75, 3.05) is 55.9 Å². The number of nitrogens with zero attached hydrogens (tertiary/aromatic N) is 7. The highest BCUT2D eigenvalue weighted by Crippen LogP contribution is 2.25. The van der Waals surface area contributed by atoms with Gasteiger partial charge in [-0.05, 0) is 100 Å². The number of hydrogen-bond donors (Lipinski definition) is 5. The van der Waals surface area contributed by atoms with Crippen molar-refractivity contribution >= 4 is 65.0 Å². The Morgan fingerprint density at radius 2 is 0.942 bits per heavy atom. The van der Waals surface area contributed by atoms with Crippen molar-refractivity contribution in [3.63, 3.8) is 0 Å². The Morgan fingerprint density at radius 3 is 1.40 bits per heavy atom. The molecule has 5 N–H and O–H groups in total. The minimum Gasteiger partial charge on any atom is -0.390 e. The highest BCUT2D eigenvalue weighted by Gasteiger charge is 2.45. The number of hydrogen-bond acceptors (Lipinski definition) is 12. The zero-order valence-corrected chi connectivity index (χ0v) is 56.0. The van der Waals surface area contributed by atoms with Crippen molar-refractivity contribution in [3.8, 4) is 0 Å². The number of allylic oxidation sites excluding steroid dienone is 3. The molecule has 1 aliphatic rings. The summed E-state index contributed by atoms with van der Waals surface area (Å²) in [6, 6.07) is -12.7. The third kappa shape index (κ3) is 21.6. The van der Waals surface area contributed by atoms with Crippen LogP contribution in [-0.4, -0.2) is 227 Å². The number of aliphatic hydroxyl groups is 1. The molecule has 86 heavy (non-hydrogen) atoms. The molecule has 0 aromatic heterocycles. The van der Waals surface area contributed by atoms with Crippen LogP contribution in [0.1, 0.15) is 142 Å². The van der Waals surface area contributed by atoms with Crippen molar-refractivity contribution in [1.29, 1.82) is 0 Å². The molecule has 1 saturated heterocycles. The van der Waals surface area contributed by atoms with E-state index in [1.54, 1.807) is 45.9 Å². The molecule has 23 heteroatoms. The molecule has 12 atom stereocenters. The maximum absolute atomic E-state index is 15.2. The fourth-order valence-electron chi connectivity index (χ4n) is 10.6. The summed E-state index contributed by atoms with van der Waals surface area (Å²) < 4.78 is 0. The molecule has 0 radical (unpaired) electrons. The molecule has 488 valence electrons. The van der Waals surface area contributed by atoms with Gasteiger partial charge in [-0.1, -0.05) is 114 Å². The number of amides is 11. The molecule has 0 bridgehead atoms. The van der Waals surface area contributed by atoms with E-state index in [-0.39, 0.29) is 67.8 Å². The van der Waals surface area contributed by atoms with Crippen LogP contribution in [0, 0.1) is 35.5 Å². The fraction of sp³-hybridized carbons (Fsp3) is 0.730. The summed E-state index contributed by atoms with van der Waals surface area (Å²) in [6.07, 6.45) is 4.20. The lowest BCUT2D eigenvalue weighted by molar-refractivity contribution is -0.157. The maximum Gasteiger partial charge on any atom is 0.249 e. The van der Waals surface area contributed by atoms with Crippen LogP contribution in [0.15, 0.2) is 37.0 Å². The topological polar surface area (TPSA) is 279 Å². The second-order valence-corrected chi connectivity index (χ2v) is 25.7. The predicted octanol–water partition coefficient (Wildman–Crippen LogP) is 3.36. The minimum absolute atomic E-state index is 0.00422. The van der Waals surface area contributed by atoms with Crippen LogP contribution >= 0.6 is 0 Å². The molecule has 0 saturated carbocycles. The Labute approximate surface area is 513 Å². The minimum atomic E-state index is -1.64. The molecule has 0 aliphatic carbocycles. The van der Waals surface area contributed by atoms with Crippen molar-refractivity contribution in [2.45, 2.75) is 209 Å². The number of carbonyl (C=O) groups excluding carboxylic acids is 11. The summed E-state index contributed by atoms with van der Waals surface area (Å²) in [6.45, 7) is 33.1. The maximum atomic E-state index is 15.2. The average molecular weight is 1210 g/mol. The van der Waals surface area contributed by atoms with Crippen LogP contribution < -0.4 is 21.3 Å². The average Bonchev–Trinajstić information content (AvgIpc) is 3.63. The largest absolute Gasteiger partial charge is 0.390 e. The van der Waals surface area contributed by atoms with Gasteiger partial charge >= 0.3 is 0 Å². The molecule has 1 rings (SSSR count). The van der Waals surface area contributed by atoms with E-state index >= 15 is 9.59 Å². The first-order valence-corrected chi connectivity index (χ1v) is 30.4. The molecule has 1 heterocycles. The number of likely N-dealkylation sites (N-methyl/N-ethyl adjacent to an activating group) is 7. The van der Waals surface area contributed by atoms with Gasteiger partial charge in [-0.25, -0.2) is 0 Å². The van der Waals surface area contributed by atoms with E-state index in [9.17, 15) is 48.3 Å². The highest BCUT2D eigenvalue weighted by molar-refractivity contribution is 6.00. The smallest absolute Gasteiger partial charge is 0.249 e. The van der Waals surface area contributed by atoms with Gasteiger partial charge in [-0.15, -0.1) is 0 Å². The van der Waals surface area contributed by atoms with Crippen LogP contribution in [0.4, 0.5) is 0 Å². The number of aliphatic hydroxyl groups excluding tert-OH is 1. The molecular formula is C63H109N11O12. The molecule has 0 unspecified atom stereocenters. The molecule has 11 amide bonds. The third-order valence-corrected chi connectivity index (χ3v) is 15.9. The van der Waals surface area contributed by atoms with Gasteiger partial charge in [0.25, 0.3) is 0 Å². The number of rotatable bonds is 16. The van der Waals surface area contributed by atoms with E-state index in [0.29, 0.717) is 0 Å². The summed E-state index contributed by atoms with van der Waals surface area (Å²) in [7, 11) is 9.79. The van der Waals surface area contributed by atoms with Gasteiger partial charge in [0.05, 0.1) is 12.6 Å². The second-order valence-electron chi connectivity index (χ2n) is 25.7. The van der Waals surface area contributed by atoms with Crippen LogP contribution in [-0.2, 0) is 52.7 Å². The summed E-state index contributed by atoms with van der Waals surface area (Å²) in [4.78, 5) is 168. The molecule has 0 spiro atoms. The summed E-state index contributed by atoms with van der Waals surface area (Å²) in [5.41, 5.74) is 0.211. The van der Waals surface area contributed by atoms with Crippen molar-refractivity contribution < 1.29 is 57.8 Å². The lowest BCUT2D eigenvalue weighted by Crippen LogP contribution is -2.63. The molecular weight excluding hydrogens is 1100 g/mol. The first kappa shape index (κ1) is 77.4. The Morgan fingerprint density at radius 1 is 0.523 bits per heavy atom. The molecule has 1 fully saturated rings. The normalized spacial score (nSPS) is 26.6. The highest BCUT2D eigenvalue weighted by atomic mass is 16.3. The van der Waals surface area contributed by atoms with Crippen molar-refractivity contribution in [3.05, 3.63) is 37.0 Å². The van der Waals surface area contributed by atoms with Gasteiger partial charge in [-0.2, -0.15) is 0 Å².